The van der Waals surface area contributed by atoms with Gasteiger partial charge in [-0.15, -0.1) is 11.3 Å². The molecule has 0 aliphatic heterocycles. The summed E-state index contributed by atoms with van der Waals surface area (Å²) in [5.74, 6) is 0.0447. The van der Waals surface area contributed by atoms with Crippen LogP contribution in [0.1, 0.15) is 11.4 Å². The molecule has 18 heavy (non-hydrogen) atoms. The minimum atomic E-state index is 0.00335. The smallest absolute Gasteiger partial charge is 0.222 e. The van der Waals surface area contributed by atoms with Crippen LogP contribution in [0.4, 0.5) is 0 Å². The number of thiazole rings is 1. The van der Waals surface area contributed by atoms with Crippen LogP contribution >= 0.6 is 11.3 Å². The third-order valence-corrected chi connectivity index (χ3v) is 3.85. The van der Waals surface area contributed by atoms with E-state index >= 15 is 0 Å². The summed E-state index contributed by atoms with van der Waals surface area (Å²) in [4.78, 5) is 17.8. The van der Waals surface area contributed by atoms with Gasteiger partial charge in [-0.3, -0.25) is 4.79 Å². The molecule has 0 atom stereocenters. The lowest BCUT2D eigenvalue weighted by Crippen LogP contribution is -2.29. The summed E-state index contributed by atoms with van der Waals surface area (Å²) in [6, 6.07) is 7.97. The average molecular weight is 264 g/mol. The van der Waals surface area contributed by atoms with Crippen LogP contribution in [0.15, 0.2) is 24.3 Å². The number of carbonyl (C=O) groups is 1. The van der Waals surface area contributed by atoms with Crippen molar-refractivity contribution in [2.24, 2.45) is 0 Å². The lowest BCUT2D eigenvalue weighted by Gasteiger charge is -2.14. The number of nitrogens with zero attached hydrogens (tertiary/aromatic N) is 2. The Balaban J connectivity index is 1.95. The Morgan fingerprint density at radius 3 is 2.94 bits per heavy atom. The molecule has 2 aromatic rings. The number of aliphatic hydroxyl groups excluding tert-OH is 1. The average Bonchev–Trinajstić information content (AvgIpc) is 2.78. The first-order chi connectivity index (χ1) is 8.70. The number of hydrogen-bond acceptors (Lipinski definition) is 4. The number of hydrogen-bond donors (Lipinski definition) is 1. The monoisotopic (exact) mass is 264 g/mol. The number of benzene rings is 1. The van der Waals surface area contributed by atoms with E-state index in [4.69, 9.17) is 5.11 Å². The normalized spacial score (nSPS) is 10.8. The molecule has 96 valence electrons. The van der Waals surface area contributed by atoms with E-state index in [2.05, 4.69) is 4.98 Å². The minimum absolute atomic E-state index is 0.00335. The fraction of sp³-hybridized carbons (Fsp3) is 0.385. The lowest BCUT2D eigenvalue weighted by atomic mass is 10.3. The molecule has 1 heterocycles. The van der Waals surface area contributed by atoms with Crippen LogP contribution in [0, 0.1) is 0 Å². The zero-order valence-corrected chi connectivity index (χ0v) is 11.1. The molecule has 0 aliphatic carbocycles. The predicted octanol–water partition coefficient (Wildman–Crippen LogP) is 1.68. The maximum atomic E-state index is 11.7. The molecular weight excluding hydrogens is 248 g/mol. The zero-order chi connectivity index (χ0) is 13.0. The van der Waals surface area contributed by atoms with Crippen molar-refractivity contribution in [3.05, 3.63) is 29.3 Å². The van der Waals surface area contributed by atoms with Crippen molar-refractivity contribution in [1.29, 1.82) is 0 Å². The van der Waals surface area contributed by atoms with E-state index in [1.54, 1.807) is 23.3 Å². The molecule has 0 radical (unpaired) electrons. The number of aliphatic hydroxyl groups is 1. The Kier molecular flexibility index (Phi) is 4.28. The standard InChI is InChI=1S/C13H16N2O2S/c1-15(8-9-16)13(17)7-6-12-14-10-4-2-3-5-11(10)18-12/h2-5,16H,6-9H2,1H3. The summed E-state index contributed by atoms with van der Waals surface area (Å²) in [5.41, 5.74) is 0.994. The molecule has 0 saturated heterocycles. The second-order valence-electron chi connectivity index (χ2n) is 4.11. The number of aryl methyl sites for hydroxylation is 1. The van der Waals surface area contributed by atoms with Crippen molar-refractivity contribution >= 4 is 27.5 Å². The van der Waals surface area contributed by atoms with Crippen LogP contribution in [0.5, 0.6) is 0 Å². The van der Waals surface area contributed by atoms with Crippen LogP contribution < -0.4 is 0 Å². The fourth-order valence-corrected chi connectivity index (χ4v) is 2.67. The van der Waals surface area contributed by atoms with Gasteiger partial charge in [-0.2, -0.15) is 0 Å². The van der Waals surface area contributed by atoms with E-state index < -0.39 is 0 Å². The largest absolute Gasteiger partial charge is 0.395 e. The second-order valence-corrected chi connectivity index (χ2v) is 5.23. The number of rotatable bonds is 5. The first-order valence-corrected chi connectivity index (χ1v) is 6.71. The van der Waals surface area contributed by atoms with Crippen molar-refractivity contribution in [3.8, 4) is 0 Å². The van der Waals surface area contributed by atoms with Crippen molar-refractivity contribution in [2.45, 2.75) is 12.8 Å². The molecule has 1 aromatic heterocycles. The zero-order valence-electron chi connectivity index (χ0n) is 10.3. The van der Waals surface area contributed by atoms with Crippen molar-refractivity contribution < 1.29 is 9.90 Å². The van der Waals surface area contributed by atoms with Crippen LogP contribution in [-0.4, -0.2) is 41.1 Å². The van der Waals surface area contributed by atoms with Gasteiger partial charge in [0.2, 0.25) is 5.91 Å². The van der Waals surface area contributed by atoms with E-state index in [0.29, 0.717) is 19.4 Å². The molecule has 0 saturated carbocycles. The predicted molar refractivity (Wildman–Crippen MR) is 72.7 cm³/mol. The second kappa shape index (κ2) is 5.93. The first-order valence-electron chi connectivity index (χ1n) is 5.90. The molecule has 2 rings (SSSR count). The molecular formula is C13H16N2O2S. The SMILES string of the molecule is CN(CCO)C(=O)CCc1nc2ccccc2s1. The van der Waals surface area contributed by atoms with Gasteiger partial charge in [0.25, 0.3) is 0 Å². The van der Waals surface area contributed by atoms with Gasteiger partial charge in [0, 0.05) is 26.4 Å². The Bertz CT molecular complexity index is 506. The van der Waals surface area contributed by atoms with E-state index in [1.165, 1.54) is 0 Å². The third kappa shape index (κ3) is 3.05. The van der Waals surface area contributed by atoms with Gasteiger partial charge in [0.05, 0.1) is 21.8 Å². The molecule has 0 spiro atoms. The van der Waals surface area contributed by atoms with E-state index in [9.17, 15) is 4.79 Å². The van der Waals surface area contributed by atoms with Gasteiger partial charge in [0.1, 0.15) is 0 Å². The minimum Gasteiger partial charge on any atom is -0.395 e. The number of fused-ring (bicyclic) bond motifs is 1. The highest BCUT2D eigenvalue weighted by atomic mass is 32.1. The highest BCUT2D eigenvalue weighted by Gasteiger charge is 2.10. The summed E-state index contributed by atoms with van der Waals surface area (Å²) < 4.78 is 1.16. The quantitative estimate of drug-likeness (QED) is 0.894. The van der Waals surface area contributed by atoms with Crippen molar-refractivity contribution in [2.75, 3.05) is 20.2 Å². The number of likely N-dealkylation sites (N-methyl/N-ethyl adjacent to an activating group) is 1. The van der Waals surface area contributed by atoms with Gasteiger partial charge in [-0.25, -0.2) is 4.98 Å². The Morgan fingerprint density at radius 2 is 2.22 bits per heavy atom. The van der Waals surface area contributed by atoms with Crippen LogP contribution in [0.3, 0.4) is 0 Å². The van der Waals surface area contributed by atoms with Crippen molar-refractivity contribution in [1.82, 2.24) is 9.88 Å². The highest BCUT2D eigenvalue weighted by molar-refractivity contribution is 7.18. The summed E-state index contributed by atoms with van der Waals surface area (Å²) in [7, 11) is 1.71. The highest BCUT2D eigenvalue weighted by Crippen LogP contribution is 2.22. The molecule has 1 amide bonds. The van der Waals surface area contributed by atoms with Gasteiger partial charge in [-0.05, 0) is 12.1 Å². The number of carbonyl (C=O) groups excluding carboxylic acids is 1. The first kappa shape index (κ1) is 13.0. The Morgan fingerprint density at radius 1 is 1.44 bits per heavy atom. The van der Waals surface area contributed by atoms with E-state index in [0.717, 1.165) is 15.2 Å². The van der Waals surface area contributed by atoms with Gasteiger partial charge < -0.3 is 10.0 Å². The van der Waals surface area contributed by atoms with Gasteiger partial charge >= 0.3 is 0 Å². The summed E-state index contributed by atoms with van der Waals surface area (Å²) in [6.45, 7) is 0.391. The molecule has 5 heteroatoms. The Labute approximate surface area is 110 Å². The van der Waals surface area contributed by atoms with Crippen LogP contribution in [0.25, 0.3) is 10.2 Å². The van der Waals surface area contributed by atoms with Crippen LogP contribution in [-0.2, 0) is 11.2 Å². The summed E-state index contributed by atoms with van der Waals surface area (Å²) in [6.07, 6.45) is 1.10. The number of aromatic nitrogens is 1. The lowest BCUT2D eigenvalue weighted by molar-refractivity contribution is -0.130. The maximum Gasteiger partial charge on any atom is 0.222 e. The maximum absolute atomic E-state index is 11.7. The third-order valence-electron chi connectivity index (χ3n) is 2.75. The molecule has 4 nitrogen and oxygen atoms in total. The fourth-order valence-electron chi connectivity index (χ4n) is 1.71. The molecule has 1 N–H and O–H groups in total. The number of para-hydroxylation sites is 1. The molecule has 0 unspecified atom stereocenters. The number of amides is 1. The van der Waals surface area contributed by atoms with Gasteiger partial charge in [-0.1, -0.05) is 12.1 Å². The molecule has 0 aliphatic rings. The van der Waals surface area contributed by atoms with Gasteiger partial charge in [0.15, 0.2) is 0 Å². The van der Waals surface area contributed by atoms with E-state index in [1.807, 2.05) is 24.3 Å². The molecule has 1 aromatic carbocycles. The summed E-state index contributed by atoms with van der Waals surface area (Å²) >= 11 is 1.63. The molecule has 0 fully saturated rings. The van der Waals surface area contributed by atoms with E-state index in [-0.39, 0.29) is 12.5 Å². The summed E-state index contributed by atoms with van der Waals surface area (Å²) in [5, 5.41) is 9.75. The van der Waals surface area contributed by atoms with Crippen LogP contribution in [0.2, 0.25) is 0 Å². The Hall–Kier alpha value is -1.46. The van der Waals surface area contributed by atoms with Crippen molar-refractivity contribution in [3.63, 3.8) is 0 Å². The topological polar surface area (TPSA) is 53.4 Å². The molecule has 0 bridgehead atoms.